The van der Waals surface area contributed by atoms with E-state index in [1.807, 2.05) is 12.3 Å². The summed E-state index contributed by atoms with van der Waals surface area (Å²) in [6, 6.07) is 2.27. The van der Waals surface area contributed by atoms with Crippen LogP contribution in [0.15, 0.2) is 12.3 Å². The Morgan fingerprint density at radius 3 is 3.18 bits per heavy atom. The Labute approximate surface area is 66.4 Å². The third kappa shape index (κ3) is 0.942. The number of nitrogens with zero attached hydrogens (tertiary/aromatic N) is 1. The molecule has 0 aliphatic heterocycles. The molecule has 1 aromatic heterocycles. The first-order chi connectivity index (χ1) is 5.29. The fourth-order valence-corrected chi connectivity index (χ4v) is 1.77. The van der Waals surface area contributed by atoms with E-state index < -0.39 is 0 Å². The van der Waals surface area contributed by atoms with Crippen molar-refractivity contribution < 1.29 is 0 Å². The van der Waals surface area contributed by atoms with Crippen LogP contribution in [0.25, 0.3) is 0 Å². The van der Waals surface area contributed by atoms with Crippen LogP contribution in [0.2, 0.25) is 0 Å². The molecule has 0 fully saturated rings. The number of hydrogen-bond donors (Lipinski definition) is 1. The van der Waals surface area contributed by atoms with Gasteiger partial charge in [-0.15, -0.1) is 0 Å². The average Bonchev–Trinajstić information content (AvgIpc) is 2.34. The van der Waals surface area contributed by atoms with Crippen molar-refractivity contribution in [2.45, 2.75) is 25.8 Å². The number of aromatic nitrogens is 1. The van der Waals surface area contributed by atoms with Gasteiger partial charge in [-0.25, -0.2) is 0 Å². The molecule has 0 saturated carbocycles. The van der Waals surface area contributed by atoms with Crippen molar-refractivity contribution >= 4 is 0 Å². The second-order valence-corrected chi connectivity index (χ2v) is 3.13. The van der Waals surface area contributed by atoms with E-state index in [1.165, 1.54) is 16.8 Å². The highest BCUT2D eigenvalue weighted by atomic mass is 14.7. The van der Waals surface area contributed by atoms with Gasteiger partial charge in [0, 0.05) is 17.9 Å². The van der Waals surface area contributed by atoms with E-state index in [-0.39, 0.29) is 6.04 Å². The molecule has 0 amide bonds. The Balaban J connectivity index is 2.58. The SMILES string of the molecule is Cc1ccnc2c1C(N)CC2. The lowest BCUT2D eigenvalue weighted by molar-refractivity contribution is 0.710. The van der Waals surface area contributed by atoms with Gasteiger partial charge in [0.1, 0.15) is 0 Å². The normalized spacial score (nSPS) is 21.8. The minimum absolute atomic E-state index is 0.235. The van der Waals surface area contributed by atoms with E-state index >= 15 is 0 Å². The molecule has 1 aromatic rings. The summed E-state index contributed by atoms with van der Waals surface area (Å²) in [7, 11) is 0. The van der Waals surface area contributed by atoms with Crippen molar-refractivity contribution in [3.05, 3.63) is 29.1 Å². The van der Waals surface area contributed by atoms with Crippen LogP contribution in [0.4, 0.5) is 0 Å². The molecule has 11 heavy (non-hydrogen) atoms. The second kappa shape index (κ2) is 2.31. The summed E-state index contributed by atoms with van der Waals surface area (Å²) in [5.41, 5.74) is 9.69. The lowest BCUT2D eigenvalue weighted by atomic mass is 10.1. The summed E-state index contributed by atoms with van der Waals surface area (Å²) in [6.45, 7) is 2.10. The first-order valence-corrected chi connectivity index (χ1v) is 3.99. The van der Waals surface area contributed by atoms with E-state index in [1.54, 1.807) is 0 Å². The minimum atomic E-state index is 0.235. The molecular formula is C9H12N2. The Hall–Kier alpha value is -0.890. The molecule has 0 radical (unpaired) electrons. The van der Waals surface area contributed by atoms with Crippen molar-refractivity contribution in [2.24, 2.45) is 5.73 Å². The highest BCUT2D eigenvalue weighted by molar-refractivity contribution is 5.35. The molecule has 58 valence electrons. The Kier molecular flexibility index (Phi) is 1.43. The molecule has 1 atom stereocenters. The predicted molar refractivity (Wildman–Crippen MR) is 44.2 cm³/mol. The van der Waals surface area contributed by atoms with Gasteiger partial charge in [0.15, 0.2) is 0 Å². The molecule has 2 rings (SSSR count). The van der Waals surface area contributed by atoms with Gasteiger partial charge in [0.2, 0.25) is 0 Å². The van der Waals surface area contributed by atoms with Crippen molar-refractivity contribution in [2.75, 3.05) is 0 Å². The van der Waals surface area contributed by atoms with E-state index in [0.717, 1.165) is 12.8 Å². The maximum absolute atomic E-state index is 5.91. The molecular weight excluding hydrogens is 136 g/mol. The van der Waals surface area contributed by atoms with Crippen molar-refractivity contribution in [3.8, 4) is 0 Å². The van der Waals surface area contributed by atoms with Crippen LogP contribution in [0.1, 0.15) is 29.3 Å². The Morgan fingerprint density at radius 2 is 2.45 bits per heavy atom. The van der Waals surface area contributed by atoms with E-state index in [9.17, 15) is 0 Å². The second-order valence-electron chi connectivity index (χ2n) is 3.13. The van der Waals surface area contributed by atoms with Gasteiger partial charge in [-0.1, -0.05) is 0 Å². The zero-order chi connectivity index (χ0) is 7.84. The van der Waals surface area contributed by atoms with Crippen LogP contribution in [0.5, 0.6) is 0 Å². The number of fused-ring (bicyclic) bond motifs is 1. The molecule has 1 heterocycles. The molecule has 2 heteroatoms. The van der Waals surface area contributed by atoms with Gasteiger partial charge in [0.05, 0.1) is 0 Å². The fraction of sp³-hybridized carbons (Fsp3) is 0.444. The van der Waals surface area contributed by atoms with E-state index in [4.69, 9.17) is 5.73 Å². The van der Waals surface area contributed by atoms with Crippen LogP contribution in [0.3, 0.4) is 0 Å². The van der Waals surface area contributed by atoms with Crippen molar-refractivity contribution in [3.63, 3.8) is 0 Å². The quantitative estimate of drug-likeness (QED) is 0.603. The van der Waals surface area contributed by atoms with Crippen LogP contribution in [-0.2, 0) is 6.42 Å². The first kappa shape index (κ1) is 6.80. The zero-order valence-electron chi connectivity index (χ0n) is 6.67. The third-order valence-corrected chi connectivity index (χ3v) is 2.35. The summed E-state index contributed by atoms with van der Waals surface area (Å²) in [5.74, 6) is 0. The highest BCUT2D eigenvalue weighted by Crippen LogP contribution is 2.29. The summed E-state index contributed by atoms with van der Waals surface area (Å²) in [5, 5.41) is 0. The molecule has 0 spiro atoms. The lowest BCUT2D eigenvalue weighted by Crippen LogP contribution is -2.07. The minimum Gasteiger partial charge on any atom is -0.324 e. The molecule has 2 nitrogen and oxygen atoms in total. The highest BCUT2D eigenvalue weighted by Gasteiger charge is 2.21. The van der Waals surface area contributed by atoms with Crippen LogP contribution in [-0.4, -0.2) is 4.98 Å². The van der Waals surface area contributed by atoms with Crippen LogP contribution in [0, 0.1) is 6.92 Å². The molecule has 0 saturated heterocycles. The number of rotatable bonds is 0. The standard InChI is InChI=1S/C9H12N2/c1-6-4-5-11-8-3-2-7(10)9(6)8/h4-5,7H,2-3,10H2,1H3. The summed E-state index contributed by atoms with van der Waals surface area (Å²) >= 11 is 0. The van der Waals surface area contributed by atoms with E-state index in [0.29, 0.717) is 0 Å². The summed E-state index contributed by atoms with van der Waals surface area (Å²) < 4.78 is 0. The maximum atomic E-state index is 5.91. The smallest absolute Gasteiger partial charge is 0.0454 e. The van der Waals surface area contributed by atoms with Gasteiger partial charge in [0.25, 0.3) is 0 Å². The fourth-order valence-electron chi connectivity index (χ4n) is 1.77. The zero-order valence-corrected chi connectivity index (χ0v) is 6.67. The molecule has 1 unspecified atom stereocenters. The monoisotopic (exact) mass is 148 g/mol. The molecule has 0 aromatic carbocycles. The third-order valence-electron chi connectivity index (χ3n) is 2.35. The topological polar surface area (TPSA) is 38.9 Å². The maximum Gasteiger partial charge on any atom is 0.0454 e. The van der Waals surface area contributed by atoms with Gasteiger partial charge in [-0.3, -0.25) is 4.98 Å². The summed E-state index contributed by atoms with van der Waals surface area (Å²) in [4.78, 5) is 4.29. The largest absolute Gasteiger partial charge is 0.324 e. The molecule has 1 aliphatic rings. The number of pyridine rings is 1. The van der Waals surface area contributed by atoms with Gasteiger partial charge in [-0.05, 0) is 37.0 Å². The predicted octanol–water partition coefficient (Wildman–Crippen LogP) is 1.34. The summed E-state index contributed by atoms with van der Waals surface area (Å²) in [6.07, 6.45) is 3.98. The number of aryl methyl sites for hydroxylation is 2. The van der Waals surface area contributed by atoms with Gasteiger partial charge < -0.3 is 5.73 Å². The first-order valence-electron chi connectivity index (χ1n) is 3.99. The van der Waals surface area contributed by atoms with Crippen LogP contribution < -0.4 is 5.73 Å². The van der Waals surface area contributed by atoms with Crippen molar-refractivity contribution in [1.82, 2.24) is 4.98 Å². The van der Waals surface area contributed by atoms with Crippen molar-refractivity contribution in [1.29, 1.82) is 0 Å². The van der Waals surface area contributed by atoms with Gasteiger partial charge in [-0.2, -0.15) is 0 Å². The number of hydrogen-bond acceptors (Lipinski definition) is 2. The van der Waals surface area contributed by atoms with E-state index in [2.05, 4.69) is 11.9 Å². The number of nitrogens with two attached hydrogens (primary N) is 1. The Bertz CT molecular complexity index is 281. The lowest BCUT2D eigenvalue weighted by Gasteiger charge is -2.06. The van der Waals surface area contributed by atoms with Crippen LogP contribution >= 0.6 is 0 Å². The average molecular weight is 148 g/mol. The Morgan fingerprint density at radius 1 is 1.64 bits per heavy atom. The van der Waals surface area contributed by atoms with Gasteiger partial charge >= 0.3 is 0 Å². The molecule has 2 N–H and O–H groups in total. The molecule has 1 aliphatic carbocycles. The molecule has 0 bridgehead atoms.